The third kappa shape index (κ3) is 3.43. The molecule has 0 aliphatic carbocycles. The minimum absolute atomic E-state index is 0.112. The van der Waals surface area contributed by atoms with Crippen LogP contribution in [-0.2, 0) is 6.18 Å². The van der Waals surface area contributed by atoms with Crippen molar-refractivity contribution in [2.24, 2.45) is 0 Å². The van der Waals surface area contributed by atoms with Gasteiger partial charge in [0.15, 0.2) is 0 Å². The molecule has 0 saturated carbocycles. The maximum absolute atomic E-state index is 12.7. The van der Waals surface area contributed by atoms with Crippen molar-refractivity contribution in [2.75, 3.05) is 13.1 Å². The number of aromatic nitrogens is 2. The molecule has 3 heterocycles. The SMILES string of the molecule is O=C(c1ccno1)N1CC[C@H](Oc2cc(C(F)(F)F)ccn2)C1. The lowest BCUT2D eigenvalue weighted by Crippen LogP contribution is -2.30. The van der Waals surface area contributed by atoms with E-state index in [1.807, 2.05) is 0 Å². The Balaban J connectivity index is 1.63. The first-order valence-electron chi connectivity index (χ1n) is 6.83. The van der Waals surface area contributed by atoms with Crippen molar-refractivity contribution in [3.8, 4) is 5.88 Å². The summed E-state index contributed by atoms with van der Waals surface area (Å²) in [6.45, 7) is 0.667. The van der Waals surface area contributed by atoms with E-state index in [1.165, 1.54) is 17.2 Å². The lowest BCUT2D eigenvalue weighted by molar-refractivity contribution is -0.137. The molecular formula is C14H12F3N3O3. The number of likely N-dealkylation sites (tertiary alicyclic amines) is 1. The average molecular weight is 327 g/mol. The van der Waals surface area contributed by atoms with E-state index in [4.69, 9.17) is 9.26 Å². The Labute approximate surface area is 128 Å². The molecular weight excluding hydrogens is 315 g/mol. The lowest BCUT2D eigenvalue weighted by Gasteiger charge is -2.16. The maximum atomic E-state index is 12.7. The van der Waals surface area contributed by atoms with Gasteiger partial charge in [0, 0.05) is 31.3 Å². The van der Waals surface area contributed by atoms with Gasteiger partial charge in [0.05, 0.1) is 18.3 Å². The number of alkyl halides is 3. The highest BCUT2D eigenvalue weighted by atomic mass is 19.4. The molecule has 0 aromatic carbocycles. The molecule has 2 aromatic rings. The summed E-state index contributed by atoms with van der Waals surface area (Å²) in [6.07, 6.45) is -1.96. The van der Waals surface area contributed by atoms with Gasteiger partial charge >= 0.3 is 6.18 Å². The van der Waals surface area contributed by atoms with Crippen molar-refractivity contribution < 1.29 is 27.2 Å². The molecule has 1 fully saturated rings. The number of pyridine rings is 1. The number of carbonyl (C=O) groups is 1. The minimum atomic E-state index is -4.45. The number of ether oxygens (including phenoxy) is 1. The van der Waals surface area contributed by atoms with E-state index >= 15 is 0 Å². The molecule has 2 aromatic heterocycles. The van der Waals surface area contributed by atoms with E-state index in [0.29, 0.717) is 13.0 Å². The second kappa shape index (κ2) is 5.90. The molecule has 23 heavy (non-hydrogen) atoms. The van der Waals surface area contributed by atoms with E-state index < -0.39 is 17.8 Å². The molecule has 0 unspecified atom stereocenters. The number of carbonyl (C=O) groups excluding carboxylic acids is 1. The van der Waals surface area contributed by atoms with E-state index in [0.717, 1.165) is 18.3 Å². The van der Waals surface area contributed by atoms with Crippen molar-refractivity contribution in [2.45, 2.75) is 18.7 Å². The summed E-state index contributed by atoms with van der Waals surface area (Å²) in [4.78, 5) is 17.3. The van der Waals surface area contributed by atoms with Crippen LogP contribution in [0.3, 0.4) is 0 Å². The van der Waals surface area contributed by atoms with Crippen LogP contribution in [0, 0.1) is 0 Å². The monoisotopic (exact) mass is 327 g/mol. The van der Waals surface area contributed by atoms with Gasteiger partial charge in [0.25, 0.3) is 5.91 Å². The van der Waals surface area contributed by atoms with Crippen molar-refractivity contribution in [1.82, 2.24) is 15.0 Å². The van der Waals surface area contributed by atoms with E-state index in [9.17, 15) is 18.0 Å². The summed E-state index contributed by atoms with van der Waals surface area (Å²) >= 11 is 0. The molecule has 0 spiro atoms. The van der Waals surface area contributed by atoms with E-state index in [-0.39, 0.29) is 24.1 Å². The summed E-state index contributed by atoms with van der Waals surface area (Å²) in [6, 6.07) is 3.17. The standard InChI is InChI=1S/C14H12F3N3O3/c15-14(16,17)9-1-4-18-12(7-9)22-10-3-6-20(8-10)13(21)11-2-5-19-23-11/h1-2,4-5,7,10H,3,6,8H2/t10-/m0/s1. The quantitative estimate of drug-likeness (QED) is 0.866. The molecule has 122 valence electrons. The first-order valence-corrected chi connectivity index (χ1v) is 6.83. The molecule has 9 heteroatoms. The molecule has 0 bridgehead atoms. The molecule has 0 N–H and O–H groups in total. The first kappa shape index (κ1) is 15.3. The van der Waals surface area contributed by atoms with Crippen LogP contribution in [-0.4, -0.2) is 40.1 Å². The molecule has 1 atom stereocenters. The van der Waals surface area contributed by atoms with Crippen LogP contribution in [0.4, 0.5) is 13.2 Å². The summed E-state index contributed by atoms with van der Waals surface area (Å²) in [5, 5.41) is 3.46. The highest BCUT2D eigenvalue weighted by Crippen LogP contribution is 2.31. The predicted octanol–water partition coefficient (Wildman–Crippen LogP) is 2.38. The molecule has 0 radical (unpaired) electrons. The summed E-state index contributed by atoms with van der Waals surface area (Å²) in [5.41, 5.74) is -0.824. The number of rotatable bonds is 3. The fraction of sp³-hybridized carbons (Fsp3) is 0.357. The van der Waals surface area contributed by atoms with Gasteiger partial charge < -0.3 is 14.2 Å². The molecule has 1 amide bonds. The van der Waals surface area contributed by atoms with Gasteiger partial charge in [-0.25, -0.2) is 4.98 Å². The first-order chi connectivity index (χ1) is 10.9. The molecule has 1 aliphatic heterocycles. The second-order valence-electron chi connectivity index (χ2n) is 5.04. The Kier molecular flexibility index (Phi) is 3.93. The zero-order chi connectivity index (χ0) is 16.4. The van der Waals surface area contributed by atoms with Crippen molar-refractivity contribution in [1.29, 1.82) is 0 Å². The van der Waals surface area contributed by atoms with Gasteiger partial charge in [-0.05, 0) is 6.07 Å². The number of nitrogens with zero attached hydrogens (tertiary/aromatic N) is 3. The fourth-order valence-corrected chi connectivity index (χ4v) is 2.31. The van der Waals surface area contributed by atoms with Crippen LogP contribution in [0.5, 0.6) is 5.88 Å². The fourth-order valence-electron chi connectivity index (χ4n) is 2.31. The molecule has 1 aliphatic rings. The number of hydrogen-bond donors (Lipinski definition) is 0. The van der Waals surface area contributed by atoms with Gasteiger partial charge in [-0.1, -0.05) is 5.16 Å². The Hall–Kier alpha value is -2.58. The molecule has 6 nitrogen and oxygen atoms in total. The number of amides is 1. The Morgan fingerprint density at radius 2 is 2.17 bits per heavy atom. The summed E-state index contributed by atoms with van der Waals surface area (Å²) in [7, 11) is 0. The van der Waals surface area contributed by atoms with Crippen molar-refractivity contribution >= 4 is 5.91 Å². The topological polar surface area (TPSA) is 68.5 Å². The largest absolute Gasteiger partial charge is 0.472 e. The van der Waals surface area contributed by atoms with Crippen LogP contribution in [0.2, 0.25) is 0 Å². The van der Waals surface area contributed by atoms with Crippen LogP contribution in [0.25, 0.3) is 0 Å². The number of hydrogen-bond acceptors (Lipinski definition) is 5. The zero-order valence-electron chi connectivity index (χ0n) is 11.8. The Bertz CT molecular complexity index is 688. The van der Waals surface area contributed by atoms with Crippen molar-refractivity contribution in [3.63, 3.8) is 0 Å². The van der Waals surface area contributed by atoms with E-state index in [1.54, 1.807) is 0 Å². The van der Waals surface area contributed by atoms with Crippen LogP contribution in [0.15, 0.2) is 35.1 Å². The van der Waals surface area contributed by atoms with Crippen molar-refractivity contribution in [3.05, 3.63) is 41.9 Å². The third-order valence-corrected chi connectivity index (χ3v) is 3.43. The van der Waals surface area contributed by atoms with E-state index in [2.05, 4.69) is 10.1 Å². The third-order valence-electron chi connectivity index (χ3n) is 3.43. The van der Waals surface area contributed by atoms with Crippen LogP contribution >= 0.6 is 0 Å². The average Bonchev–Trinajstić information content (AvgIpc) is 3.17. The minimum Gasteiger partial charge on any atom is -0.472 e. The zero-order valence-corrected chi connectivity index (χ0v) is 11.8. The predicted molar refractivity (Wildman–Crippen MR) is 70.7 cm³/mol. The number of halogens is 3. The van der Waals surface area contributed by atoms with Gasteiger partial charge in [-0.3, -0.25) is 4.79 Å². The summed E-state index contributed by atoms with van der Waals surface area (Å²) < 4.78 is 48.2. The molecule has 3 rings (SSSR count). The molecule has 1 saturated heterocycles. The maximum Gasteiger partial charge on any atom is 0.416 e. The summed E-state index contributed by atoms with van der Waals surface area (Å²) in [5.74, 6) is -0.327. The highest BCUT2D eigenvalue weighted by molar-refractivity contribution is 5.91. The van der Waals surface area contributed by atoms with Gasteiger partial charge in [-0.15, -0.1) is 0 Å². The smallest absolute Gasteiger partial charge is 0.416 e. The van der Waals surface area contributed by atoms with Crippen LogP contribution < -0.4 is 4.74 Å². The lowest BCUT2D eigenvalue weighted by atomic mass is 10.2. The van der Waals surface area contributed by atoms with Gasteiger partial charge in [0.1, 0.15) is 6.10 Å². The second-order valence-corrected chi connectivity index (χ2v) is 5.04. The van der Waals surface area contributed by atoms with Crippen LogP contribution in [0.1, 0.15) is 22.5 Å². The Morgan fingerprint density at radius 3 is 2.87 bits per heavy atom. The normalized spacial score (nSPS) is 18.2. The van der Waals surface area contributed by atoms with Gasteiger partial charge in [0.2, 0.25) is 11.6 Å². The Morgan fingerprint density at radius 1 is 1.35 bits per heavy atom. The highest BCUT2D eigenvalue weighted by Gasteiger charge is 2.33. The van der Waals surface area contributed by atoms with Gasteiger partial charge in [-0.2, -0.15) is 13.2 Å².